The van der Waals surface area contributed by atoms with E-state index in [2.05, 4.69) is 15.0 Å². The summed E-state index contributed by atoms with van der Waals surface area (Å²) in [6.45, 7) is 0. The van der Waals surface area contributed by atoms with Crippen molar-refractivity contribution in [1.82, 2.24) is 19.5 Å². The molecular formula is C21H12ClFN4O3S. The Bertz CT molecular complexity index is 1600. The number of methoxy groups -OCH3 is 1. The van der Waals surface area contributed by atoms with Gasteiger partial charge in [-0.2, -0.15) is 0 Å². The van der Waals surface area contributed by atoms with E-state index < -0.39 is 17.1 Å². The second-order valence-electron chi connectivity index (χ2n) is 6.65. The van der Waals surface area contributed by atoms with Gasteiger partial charge in [-0.05, 0) is 24.3 Å². The smallest absolute Gasteiger partial charge is 0.333 e. The molecule has 1 aromatic carbocycles. The molecule has 0 aliphatic carbocycles. The molecule has 0 unspecified atom stereocenters. The minimum Gasteiger partial charge on any atom is -0.494 e. The zero-order valence-electron chi connectivity index (χ0n) is 15.8. The molecule has 10 heteroatoms. The van der Waals surface area contributed by atoms with Gasteiger partial charge in [0.1, 0.15) is 4.70 Å². The van der Waals surface area contributed by atoms with Gasteiger partial charge < -0.3 is 9.72 Å². The van der Waals surface area contributed by atoms with Crippen LogP contribution >= 0.6 is 22.9 Å². The highest BCUT2D eigenvalue weighted by Gasteiger charge is 2.18. The van der Waals surface area contributed by atoms with Crippen molar-refractivity contribution in [2.45, 2.75) is 0 Å². The minimum atomic E-state index is -0.601. The lowest BCUT2D eigenvalue weighted by molar-refractivity contribution is 0.387. The first-order chi connectivity index (χ1) is 15.0. The molecule has 0 saturated carbocycles. The lowest BCUT2D eigenvalue weighted by Gasteiger charge is -2.07. The minimum absolute atomic E-state index is 0.0261. The maximum absolute atomic E-state index is 13.9. The second kappa shape index (κ2) is 7.29. The summed E-state index contributed by atoms with van der Waals surface area (Å²) in [6.07, 6.45) is 6.26. The molecule has 0 aliphatic heterocycles. The highest BCUT2D eigenvalue weighted by molar-refractivity contribution is 7.22. The van der Waals surface area contributed by atoms with E-state index in [1.54, 1.807) is 30.7 Å². The van der Waals surface area contributed by atoms with Crippen molar-refractivity contribution in [3.05, 3.63) is 80.7 Å². The van der Waals surface area contributed by atoms with E-state index in [4.69, 9.17) is 16.3 Å². The van der Waals surface area contributed by atoms with Gasteiger partial charge >= 0.3 is 5.69 Å². The Kier molecular flexibility index (Phi) is 4.57. The number of aromatic nitrogens is 4. The first kappa shape index (κ1) is 19.4. The standard InChI is InChI=1S/C21H12ClFN4O3S/c1-30-17-4-12(13(22)5-14(17)23)18-6-15-19(31-18)20(28)27(21(29)26-15)16-9-25-8-10-7-24-3-2-11(10)16/h2-9H,1H3,(H,26,29). The van der Waals surface area contributed by atoms with Crippen LogP contribution in [-0.2, 0) is 0 Å². The largest absolute Gasteiger partial charge is 0.494 e. The average Bonchev–Trinajstić information content (AvgIpc) is 3.18. The fraction of sp³-hybridized carbons (Fsp3) is 0.0476. The van der Waals surface area contributed by atoms with Gasteiger partial charge in [0.2, 0.25) is 0 Å². The van der Waals surface area contributed by atoms with Gasteiger partial charge in [0, 0.05) is 39.8 Å². The second-order valence-corrected chi connectivity index (χ2v) is 8.11. The molecule has 31 heavy (non-hydrogen) atoms. The number of benzene rings is 1. The fourth-order valence-corrected chi connectivity index (χ4v) is 4.79. The maximum Gasteiger partial charge on any atom is 0.333 e. The van der Waals surface area contributed by atoms with E-state index >= 15 is 0 Å². The van der Waals surface area contributed by atoms with E-state index in [9.17, 15) is 14.0 Å². The van der Waals surface area contributed by atoms with Crippen LogP contribution in [0.15, 0.2) is 58.6 Å². The van der Waals surface area contributed by atoms with Crippen LogP contribution < -0.4 is 16.0 Å². The number of hydrogen-bond donors (Lipinski definition) is 1. The van der Waals surface area contributed by atoms with Gasteiger partial charge in [-0.3, -0.25) is 14.8 Å². The van der Waals surface area contributed by atoms with Crippen molar-refractivity contribution in [2.75, 3.05) is 7.11 Å². The van der Waals surface area contributed by atoms with Gasteiger partial charge in [-0.1, -0.05) is 11.6 Å². The van der Waals surface area contributed by atoms with E-state index in [-0.39, 0.29) is 10.8 Å². The van der Waals surface area contributed by atoms with Crippen LogP contribution in [0.2, 0.25) is 5.02 Å². The number of halogens is 2. The van der Waals surface area contributed by atoms with Crippen molar-refractivity contribution in [3.8, 4) is 21.9 Å². The molecule has 0 amide bonds. The summed E-state index contributed by atoms with van der Waals surface area (Å²) in [6, 6.07) is 5.96. The van der Waals surface area contributed by atoms with Crippen molar-refractivity contribution >= 4 is 43.9 Å². The molecule has 154 valence electrons. The lowest BCUT2D eigenvalue weighted by atomic mass is 10.1. The first-order valence-electron chi connectivity index (χ1n) is 8.98. The number of thiophene rings is 1. The SMILES string of the molecule is COc1cc(-c2cc3[nH]c(=O)n(-c4cncc5cnccc45)c(=O)c3s2)c(Cl)cc1F. The summed E-state index contributed by atoms with van der Waals surface area (Å²) < 4.78 is 20.3. The Morgan fingerprint density at radius 3 is 2.77 bits per heavy atom. The molecule has 5 rings (SSSR count). The van der Waals surface area contributed by atoms with Crippen LogP contribution in [0.4, 0.5) is 4.39 Å². The molecule has 7 nitrogen and oxygen atoms in total. The number of nitrogens with zero attached hydrogens (tertiary/aromatic N) is 3. The van der Waals surface area contributed by atoms with Crippen LogP contribution in [-0.4, -0.2) is 26.6 Å². The molecule has 5 aromatic rings. The predicted octanol–water partition coefficient (Wildman–Crippen LogP) is 4.15. The van der Waals surface area contributed by atoms with Gasteiger partial charge in [0.05, 0.1) is 29.5 Å². The molecular weight excluding hydrogens is 443 g/mol. The topological polar surface area (TPSA) is 89.9 Å². The van der Waals surface area contributed by atoms with Crippen LogP contribution in [0.5, 0.6) is 5.75 Å². The van der Waals surface area contributed by atoms with E-state index in [0.29, 0.717) is 37.1 Å². The number of hydrogen-bond acceptors (Lipinski definition) is 6. The molecule has 0 bridgehead atoms. The first-order valence-corrected chi connectivity index (χ1v) is 10.2. The monoisotopic (exact) mass is 454 g/mol. The Hall–Kier alpha value is -3.56. The third kappa shape index (κ3) is 3.09. The third-order valence-corrected chi connectivity index (χ3v) is 6.33. The summed E-state index contributed by atoms with van der Waals surface area (Å²) in [7, 11) is 1.35. The summed E-state index contributed by atoms with van der Waals surface area (Å²) in [5, 5.41) is 1.53. The average molecular weight is 455 g/mol. The number of rotatable bonds is 3. The molecule has 0 fully saturated rings. The summed E-state index contributed by atoms with van der Waals surface area (Å²) >= 11 is 7.37. The fourth-order valence-electron chi connectivity index (χ4n) is 3.41. The van der Waals surface area contributed by atoms with Gasteiger partial charge in [0.15, 0.2) is 11.6 Å². The van der Waals surface area contributed by atoms with Crippen molar-refractivity contribution < 1.29 is 9.13 Å². The number of ether oxygens (including phenoxy) is 1. The molecule has 0 radical (unpaired) electrons. The molecule has 0 aliphatic rings. The van der Waals surface area contributed by atoms with Crippen molar-refractivity contribution in [2.24, 2.45) is 0 Å². The molecule has 0 atom stereocenters. The normalized spacial score (nSPS) is 11.3. The van der Waals surface area contributed by atoms with Gasteiger partial charge in [-0.25, -0.2) is 13.8 Å². The summed E-state index contributed by atoms with van der Waals surface area (Å²) in [5.41, 5.74) is 0.109. The molecule has 0 saturated heterocycles. The van der Waals surface area contributed by atoms with E-state index in [0.717, 1.165) is 22.0 Å². The third-order valence-electron chi connectivity index (χ3n) is 4.86. The Morgan fingerprint density at radius 1 is 1.16 bits per heavy atom. The van der Waals surface area contributed by atoms with Crippen molar-refractivity contribution in [1.29, 1.82) is 0 Å². The molecule has 4 heterocycles. The highest BCUT2D eigenvalue weighted by atomic mass is 35.5. The van der Waals surface area contributed by atoms with Crippen LogP contribution in [0.3, 0.4) is 0 Å². The zero-order valence-corrected chi connectivity index (χ0v) is 17.4. The molecule has 4 aromatic heterocycles. The van der Waals surface area contributed by atoms with E-state index in [1.807, 2.05) is 0 Å². The summed E-state index contributed by atoms with van der Waals surface area (Å²) in [5.74, 6) is -0.565. The maximum atomic E-state index is 13.9. The van der Waals surface area contributed by atoms with E-state index in [1.165, 1.54) is 19.4 Å². The van der Waals surface area contributed by atoms with Gasteiger partial charge in [0.25, 0.3) is 5.56 Å². The lowest BCUT2D eigenvalue weighted by Crippen LogP contribution is -2.33. The molecule has 0 spiro atoms. The van der Waals surface area contributed by atoms with Crippen LogP contribution in [0, 0.1) is 5.82 Å². The number of nitrogens with one attached hydrogen (secondary N) is 1. The predicted molar refractivity (Wildman–Crippen MR) is 118 cm³/mol. The highest BCUT2D eigenvalue weighted by Crippen LogP contribution is 2.38. The molecule has 1 N–H and O–H groups in total. The Balaban J connectivity index is 1.77. The van der Waals surface area contributed by atoms with Gasteiger partial charge in [-0.15, -0.1) is 11.3 Å². The number of aromatic amines is 1. The number of pyridine rings is 2. The Labute approximate surface area is 182 Å². The number of fused-ring (bicyclic) bond motifs is 2. The van der Waals surface area contributed by atoms with Crippen LogP contribution in [0.25, 0.3) is 37.1 Å². The van der Waals surface area contributed by atoms with Crippen LogP contribution in [0.1, 0.15) is 0 Å². The summed E-state index contributed by atoms with van der Waals surface area (Å²) in [4.78, 5) is 37.6. The quantitative estimate of drug-likeness (QED) is 0.442. The van der Waals surface area contributed by atoms with Crippen molar-refractivity contribution in [3.63, 3.8) is 0 Å². The number of H-pyrrole nitrogens is 1. The zero-order chi connectivity index (χ0) is 21.7. The Morgan fingerprint density at radius 2 is 1.97 bits per heavy atom.